The van der Waals surface area contributed by atoms with Crippen molar-refractivity contribution in [2.24, 2.45) is 10.9 Å². The molecule has 1 aromatic heterocycles. The largest absolute Gasteiger partial charge is 0.434 e. The highest BCUT2D eigenvalue weighted by Gasteiger charge is 2.33. The minimum atomic E-state index is -4.38. The van der Waals surface area contributed by atoms with E-state index in [0.717, 1.165) is 48.7 Å². The molecule has 2 aliphatic rings. The lowest BCUT2D eigenvalue weighted by Gasteiger charge is -2.29. The molecule has 10 heteroatoms. The number of hydrogen-bond acceptors (Lipinski definition) is 4. The quantitative estimate of drug-likeness (QED) is 0.376. The van der Waals surface area contributed by atoms with Gasteiger partial charge in [0.2, 0.25) is 0 Å². The average molecular weight is 517 g/mol. The summed E-state index contributed by atoms with van der Waals surface area (Å²) in [5.41, 5.74) is -0.822. The molecule has 2 aliphatic heterocycles. The van der Waals surface area contributed by atoms with Crippen molar-refractivity contribution in [3.05, 3.63) is 16.1 Å². The van der Waals surface area contributed by atoms with Crippen LogP contribution < -0.4 is 5.32 Å². The van der Waals surface area contributed by atoms with Crippen LogP contribution in [-0.4, -0.2) is 60.5 Å². The van der Waals surface area contributed by atoms with Gasteiger partial charge in [-0.3, -0.25) is 4.99 Å². The molecule has 154 valence electrons. The van der Waals surface area contributed by atoms with Crippen LogP contribution in [0.15, 0.2) is 10.4 Å². The zero-order chi connectivity index (χ0) is 18.6. The highest BCUT2D eigenvalue weighted by Crippen LogP contribution is 2.30. The van der Waals surface area contributed by atoms with Gasteiger partial charge >= 0.3 is 6.18 Å². The van der Waals surface area contributed by atoms with Crippen LogP contribution in [0.25, 0.3) is 0 Å². The number of guanidine groups is 1. The van der Waals surface area contributed by atoms with Crippen molar-refractivity contribution in [1.29, 1.82) is 0 Å². The number of piperidine rings is 1. The second-order valence-electron chi connectivity index (χ2n) is 6.99. The molecule has 0 aliphatic carbocycles. The van der Waals surface area contributed by atoms with Gasteiger partial charge in [-0.25, -0.2) is 4.98 Å². The van der Waals surface area contributed by atoms with E-state index >= 15 is 0 Å². The lowest BCUT2D eigenvalue weighted by molar-refractivity contribution is -0.140. The van der Waals surface area contributed by atoms with E-state index in [0.29, 0.717) is 10.9 Å². The van der Waals surface area contributed by atoms with Crippen LogP contribution in [0.5, 0.6) is 0 Å². The van der Waals surface area contributed by atoms with E-state index in [1.54, 1.807) is 7.05 Å². The molecule has 0 amide bonds. The highest BCUT2D eigenvalue weighted by molar-refractivity contribution is 14.0. The molecule has 1 aromatic rings. The van der Waals surface area contributed by atoms with Crippen molar-refractivity contribution >= 4 is 41.3 Å². The summed E-state index contributed by atoms with van der Waals surface area (Å²) in [7, 11) is 1.71. The summed E-state index contributed by atoms with van der Waals surface area (Å²) in [6.45, 7) is 5.69. The minimum Gasteiger partial charge on any atom is -0.350 e. The standard InChI is InChI=1S/C17H26F3N5S.HI/c1-21-16(22-9-15-23-14(12-26-15)17(18,19)20)25-8-5-13(11-25)10-24-6-3-2-4-7-24;/h12-13H,2-11H2,1H3,(H,21,22);1H. The fourth-order valence-electron chi connectivity index (χ4n) is 3.69. The number of alkyl halides is 3. The predicted molar refractivity (Wildman–Crippen MR) is 113 cm³/mol. The molecule has 0 radical (unpaired) electrons. The Hall–Kier alpha value is -0.620. The molecule has 1 N–H and O–H groups in total. The SMILES string of the molecule is CN=C(NCc1nc(C(F)(F)F)cs1)N1CCC(CN2CCCCC2)C1.I. The van der Waals surface area contributed by atoms with E-state index in [2.05, 4.69) is 25.1 Å². The summed E-state index contributed by atoms with van der Waals surface area (Å²) in [6.07, 6.45) is 0.692. The second-order valence-corrected chi connectivity index (χ2v) is 7.93. The van der Waals surface area contributed by atoms with E-state index in [1.165, 1.54) is 32.4 Å². The van der Waals surface area contributed by atoms with E-state index in [4.69, 9.17) is 0 Å². The molecular formula is C17H27F3IN5S. The summed E-state index contributed by atoms with van der Waals surface area (Å²) in [6, 6.07) is 0. The molecule has 27 heavy (non-hydrogen) atoms. The van der Waals surface area contributed by atoms with Gasteiger partial charge in [-0.1, -0.05) is 6.42 Å². The monoisotopic (exact) mass is 517 g/mol. The Kier molecular flexibility index (Phi) is 8.60. The Morgan fingerprint density at radius 3 is 2.67 bits per heavy atom. The van der Waals surface area contributed by atoms with Crippen LogP contribution >= 0.6 is 35.3 Å². The fourth-order valence-corrected chi connectivity index (χ4v) is 4.43. The predicted octanol–water partition coefficient (Wildman–Crippen LogP) is 3.66. The molecule has 1 atom stereocenters. The summed E-state index contributed by atoms with van der Waals surface area (Å²) in [5, 5.41) is 4.64. The Morgan fingerprint density at radius 1 is 1.30 bits per heavy atom. The third-order valence-electron chi connectivity index (χ3n) is 5.00. The topological polar surface area (TPSA) is 43.8 Å². The van der Waals surface area contributed by atoms with Crippen molar-refractivity contribution in [3.8, 4) is 0 Å². The first-order valence-electron chi connectivity index (χ1n) is 9.15. The highest BCUT2D eigenvalue weighted by atomic mass is 127. The van der Waals surface area contributed by atoms with Crippen LogP contribution in [0.1, 0.15) is 36.4 Å². The molecule has 0 aromatic carbocycles. The van der Waals surface area contributed by atoms with Crippen LogP contribution in [-0.2, 0) is 12.7 Å². The summed E-state index contributed by atoms with van der Waals surface area (Å²) < 4.78 is 37.9. The number of aliphatic imine (C=N–C) groups is 1. The molecule has 2 fully saturated rings. The molecular weight excluding hydrogens is 490 g/mol. The van der Waals surface area contributed by atoms with Crippen LogP contribution in [0.3, 0.4) is 0 Å². The lowest BCUT2D eigenvalue weighted by atomic mass is 10.1. The van der Waals surface area contributed by atoms with Gasteiger partial charge < -0.3 is 15.1 Å². The summed E-state index contributed by atoms with van der Waals surface area (Å²) >= 11 is 1.02. The average Bonchev–Trinajstić information content (AvgIpc) is 3.26. The Balaban J connectivity index is 0.00000261. The first kappa shape index (κ1) is 22.7. The van der Waals surface area contributed by atoms with Gasteiger partial charge in [0.15, 0.2) is 11.7 Å². The van der Waals surface area contributed by atoms with E-state index < -0.39 is 11.9 Å². The van der Waals surface area contributed by atoms with Gasteiger partial charge in [0, 0.05) is 32.1 Å². The maximum atomic E-state index is 12.6. The summed E-state index contributed by atoms with van der Waals surface area (Å²) in [4.78, 5) is 12.7. The summed E-state index contributed by atoms with van der Waals surface area (Å²) in [5.74, 6) is 1.37. The van der Waals surface area contributed by atoms with Gasteiger partial charge in [0.1, 0.15) is 5.01 Å². The zero-order valence-corrected chi connectivity index (χ0v) is 18.6. The number of hydrogen-bond donors (Lipinski definition) is 1. The smallest absolute Gasteiger partial charge is 0.350 e. The van der Waals surface area contributed by atoms with E-state index in [9.17, 15) is 13.2 Å². The third-order valence-corrected chi connectivity index (χ3v) is 5.85. The van der Waals surface area contributed by atoms with Crippen LogP contribution in [0.4, 0.5) is 13.2 Å². The maximum Gasteiger partial charge on any atom is 0.434 e. The van der Waals surface area contributed by atoms with Crippen LogP contribution in [0, 0.1) is 5.92 Å². The first-order chi connectivity index (χ1) is 12.5. The minimum absolute atomic E-state index is 0. The van der Waals surface area contributed by atoms with E-state index in [-0.39, 0.29) is 30.5 Å². The van der Waals surface area contributed by atoms with Gasteiger partial charge in [0.25, 0.3) is 0 Å². The molecule has 1 unspecified atom stereocenters. The first-order valence-corrected chi connectivity index (χ1v) is 10.0. The molecule has 0 saturated carbocycles. The zero-order valence-electron chi connectivity index (χ0n) is 15.5. The van der Waals surface area contributed by atoms with Gasteiger partial charge in [0.05, 0.1) is 6.54 Å². The Morgan fingerprint density at radius 2 is 2.04 bits per heavy atom. The van der Waals surface area contributed by atoms with Crippen molar-refractivity contribution < 1.29 is 13.2 Å². The van der Waals surface area contributed by atoms with Crippen molar-refractivity contribution in [1.82, 2.24) is 20.1 Å². The Labute approximate surface area is 179 Å². The molecule has 3 heterocycles. The van der Waals surface area contributed by atoms with Gasteiger partial charge in [-0.15, -0.1) is 35.3 Å². The van der Waals surface area contributed by atoms with Crippen molar-refractivity contribution in [3.63, 3.8) is 0 Å². The second kappa shape index (κ2) is 10.2. The number of rotatable bonds is 4. The number of nitrogens with one attached hydrogen (secondary N) is 1. The maximum absolute atomic E-state index is 12.6. The molecule has 3 rings (SSSR count). The molecule has 2 saturated heterocycles. The molecule has 0 spiro atoms. The number of aromatic nitrogens is 1. The van der Waals surface area contributed by atoms with Gasteiger partial charge in [-0.2, -0.15) is 13.2 Å². The number of thiazole rings is 1. The molecule has 5 nitrogen and oxygen atoms in total. The number of nitrogens with zero attached hydrogens (tertiary/aromatic N) is 4. The normalized spacial score (nSPS) is 22.0. The lowest BCUT2D eigenvalue weighted by Crippen LogP contribution is -2.41. The van der Waals surface area contributed by atoms with Crippen LogP contribution in [0.2, 0.25) is 0 Å². The van der Waals surface area contributed by atoms with Crippen molar-refractivity contribution in [2.75, 3.05) is 39.8 Å². The van der Waals surface area contributed by atoms with Gasteiger partial charge in [-0.05, 0) is 38.3 Å². The van der Waals surface area contributed by atoms with E-state index in [1.807, 2.05) is 0 Å². The van der Waals surface area contributed by atoms with Crippen molar-refractivity contribution in [2.45, 2.75) is 38.4 Å². The molecule has 0 bridgehead atoms. The fraction of sp³-hybridized carbons (Fsp3) is 0.765. The number of halogens is 4. The Bertz CT molecular complexity index is 616. The third kappa shape index (κ3) is 6.45. The number of likely N-dealkylation sites (tertiary alicyclic amines) is 2.